The number of thiophene rings is 1. The van der Waals surface area contributed by atoms with E-state index in [0.717, 1.165) is 25.7 Å². The standard InChI is InChI=1S/C19H16N6O4S2/c26-19(27)14-10-24(16-9-21-13-8-20-11-22-18(13)23-16)5-6-25(14)31(28,29)17-7-12-3-1-2-4-15(12)30-17/h1-4,7-9,11,14H,5-6,10H2,(H,26,27)/t14-/m1/s1. The minimum Gasteiger partial charge on any atom is -0.480 e. The van der Waals surface area contributed by atoms with Crippen molar-refractivity contribution in [2.24, 2.45) is 0 Å². The van der Waals surface area contributed by atoms with Crippen molar-refractivity contribution >= 4 is 54.4 Å². The van der Waals surface area contributed by atoms with E-state index in [1.54, 1.807) is 11.0 Å². The number of piperazine rings is 1. The Kier molecular flexibility index (Phi) is 4.76. The number of aliphatic carboxylic acids is 1. The molecule has 10 nitrogen and oxygen atoms in total. The van der Waals surface area contributed by atoms with Crippen LogP contribution in [0, 0.1) is 0 Å². The largest absolute Gasteiger partial charge is 0.480 e. The lowest BCUT2D eigenvalue weighted by molar-refractivity contribution is -0.141. The Hall–Kier alpha value is -3.22. The van der Waals surface area contributed by atoms with E-state index in [2.05, 4.69) is 19.9 Å². The highest BCUT2D eigenvalue weighted by Gasteiger charge is 2.41. The third kappa shape index (κ3) is 3.48. The zero-order chi connectivity index (χ0) is 21.6. The van der Waals surface area contributed by atoms with E-state index in [-0.39, 0.29) is 23.8 Å². The molecule has 1 atom stereocenters. The Morgan fingerprint density at radius 1 is 1.16 bits per heavy atom. The topological polar surface area (TPSA) is 129 Å². The highest BCUT2D eigenvalue weighted by molar-refractivity contribution is 7.91. The lowest BCUT2D eigenvalue weighted by atomic mass is 10.2. The molecule has 1 fully saturated rings. The molecule has 31 heavy (non-hydrogen) atoms. The molecule has 1 aromatic carbocycles. The maximum Gasteiger partial charge on any atom is 0.323 e. The molecule has 0 bridgehead atoms. The smallest absolute Gasteiger partial charge is 0.323 e. The summed E-state index contributed by atoms with van der Waals surface area (Å²) >= 11 is 1.14. The van der Waals surface area contributed by atoms with Crippen molar-refractivity contribution in [2.45, 2.75) is 10.3 Å². The van der Waals surface area contributed by atoms with Crippen LogP contribution in [0.25, 0.3) is 21.3 Å². The van der Waals surface area contributed by atoms with Crippen molar-refractivity contribution in [2.75, 3.05) is 24.5 Å². The number of carboxylic acids is 1. The summed E-state index contributed by atoms with van der Waals surface area (Å²) in [6.45, 7) is 0.237. The van der Waals surface area contributed by atoms with Gasteiger partial charge in [-0.3, -0.25) is 4.79 Å². The number of benzene rings is 1. The molecule has 4 heterocycles. The van der Waals surface area contributed by atoms with Gasteiger partial charge in [-0.2, -0.15) is 4.31 Å². The quantitative estimate of drug-likeness (QED) is 0.487. The first-order valence-electron chi connectivity index (χ1n) is 9.34. The van der Waals surface area contributed by atoms with Crippen molar-refractivity contribution < 1.29 is 18.3 Å². The molecule has 0 spiro atoms. The van der Waals surface area contributed by atoms with Crippen LogP contribution in [-0.4, -0.2) is 69.4 Å². The first-order chi connectivity index (χ1) is 14.9. The van der Waals surface area contributed by atoms with Gasteiger partial charge in [0.25, 0.3) is 10.0 Å². The number of rotatable bonds is 4. The summed E-state index contributed by atoms with van der Waals surface area (Å²) in [6, 6.07) is 7.68. The maximum atomic E-state index is 13.3. The Labute approximate surface area is 180 Å². The number of hydrogen-bond acceptors (Lipinski definition) is 9. The summed E-state index contributed by atoms with van der Waals surface area (Å²) in [7, 11) is -3.97. The zero-order valence-corrected chi connectivity index (χ0v) is 17.6. The summed E-state index contributed by atoms with van der Waals surface area (Å²) in [4.78, 5) is 30.4. The van der Waals surface area contributed by atoms with Gasteiger partial charge in [-0.05, 0) is 17.5 Å². The molecule has 5 rings (SSSR count). The van der Waals surface area contributed by atoms with E-state index in [1.807, 2.05) is 24.3 Å². The fourth-order valence-corrected chi connectivity index (χ4v) is 6.67. The van der Waals surface area contributed by atoms with Crippen molar-refractivity contribution in [1.82, 2.24) is 24.2 Å². The van der Waals surface area contributed by atoms with Crippen LogP contribution >= 0.6 is 11.3 Å². The third-order valence-electron chi connectivity index (χ3n) is 5.12. The fraction of sp³-hybridized carbons (Fsp3) is 0.211. The van der Waals surface area contributed by atoms with Crippen LogP contribution in [0.1, 0.15) is 0 Å². The predicted octanol–water partition coefficient (Wildman–Crippen LogP) is 1.60. The maximum absolute atomic E-state index is 13.3. The molecule has 0 unspecified atom stereocenters. The molecule has 3 aromatic heterocycles. The van der Waals surface area contributed by atoms with Gasteiger partial charge in [-0.1, -0.05) is 18.2 Å². The second-order valence-electron chi connectivity index (χ2n) is 6.98. The van der Waals surface area contributed by atoms with Gasteiger partial charge >= 0.3 is 5.97 Å². The Balaban J connectivity index is 1.46. The van der Waals surface area contributed by atoms with Crippen LogP contribution in [0.5, 0.6) is 0 Å². The molecular formula is C19H16N6O4S2. The van der Waals surface area contributed by atoms with Gasteiger partial charge in [0.2, 0.25) is 0 Å². The van der Waals surface area contributed by atoms with Gasteiger partial charge in [0.05, 0.1) is 12.4 Å². The summed E-state index contributed by atoms with van der Waals surface area (Å²) < 4.78 is 28.6. The molecule has 1 saturated heterocycles. The van der Waals surface area contributed by atoms with Gasteiger partial charge in [0.15, 0.2) is 5.65 Å². The first kappa shape index (κ1) is 19.7. The Bertz CT molecular complexity index is 1370. The SMILES string of the molecule is O=C(O)[C@H]1CN(c2cnc3cncnc3n2)CCN1S(=O)(=O)c1cc2ccccc2s1. The fourth-order valence-electron chi connectivity index (χ4n) is 3.57. The molecule has 0 radical (unpaired) electrons. The van der Waals surface area contributed by atoms with E-state index in [4.69, 9.17) is 0 Å². The summed E-state index contributed by atoms with van der Waals surface area (Å²) in [5.41, 5.74) is 0.909. The number of carbonyl (C=O) groups is 1. The molecule has 0 amide bonds. The Morgan fingerprint density at radius 2 is 2.00 bits per heavy atom. The highest BCUT2D eigenvalue weighted by Crippen LogP contribution is 2.32. The summed E-state index contributed by atoms with van der Waals surface area (Å²) in [6.07, 6.45) is 4.41. The number of anilines is 1. The molecule has 1 aliphatic rings. The van der Waals surface area contributed by atoms with E-state index < -0.39 is 22.0 Å². The van der Waals surface area contributed by atoms with E-state index in [9.17, 15) is 18.3 Å². The van der Waals surface area contributed by atoms with Crippen LogP contribution in [-0.2, 0) is 14.8 Å². The van der Waals surface area contributed by atoms with Gasteiger partial charge in [0, 0.05) is 24.3 Å². The Morgan fingerprint density at radius 3 is 2.81 bits per heavy atom. The van der Waals surface area contributed by atoms with Crippen LogP contribution < -0.4 is 4.90 Å². The van der Waals surface area contributed by atoms with Crippen LogP contribution in [0.2, 0.25) is 0 Å². The molecular weight excluding hydrogens is 440 g/mol. The summed E-state index contributed by atoms with van der Waals surface area (Å²) in [5.74, 6) is -0.776. The number of fused-ring (bicyclic) bond motifs is 2. The molecule has 0 saturated carbocycles. The molecule has 4 aromatic rings. The van der Waals surface area contributed by atoms with Gasteiger partial charge < -0.3 is 10.0 Å². The monoisotopic (exact) mass is 456 g/mol. The zero-order valence-electron chi connectivity index (χ0n) is 16.0. The third-order valence-corrected chi connectivity index (χ3v) is 8.59. The lowest BCUT2D eigenvalue weighted by Gasteiger charge is -2.38. The van der Waals surface area contributed by atoms with E-state index >= 15 is 0 Å². The van der Waals surface area contributed by atoms with Gasteiger partial charge in [-0.25, -0.2) is 28.4 Å². The normalized spacial score (nSPS) is 17.9. The molecule has 1 N–H and O–H groups in total. The number of aromatic nitrogens is 4. The minimum absolute atomic E-state index is 0.0109. The van der Waals surface area contributed by atoms with Crippen molar-refractivity contribution in [3.8, 4) is 0 Å². The van der Waals surface area contributed by atoms with Gasteiger partial charge in [-0.15, -0.1) is 11.3 Å². The van der Waals surface area contributed by atoms with E-state index in [1.165, 1.54) is 18.7 Å². The molecule has 12 heteroatoms. The first-order valence-corrected chi connectivity index (χ1v) is 11.6. The lowest BCUT2D eigenvalue weighted by Crippen LogP contribution is -2.58. The van der Waals surface area contributed by atoms with Crippen molar-refractivity contribution in [3.63, 3.8) is 0 Å². The number of carboxylic acid groups (broad SMARTS) is 1. The van der Waals surface area contributed by atoms with Crippen LogP contribution in [0.4, 0.5) is 5.82 Å². The predicted molar refractivity (Wildman–Crippen MR) is 114 cm³/mol. The second kappa shape index (κ2) is 7.48. The van der Waals surface area contributed by atoms with Crippen LogP contribution in [0.3, 0.4) is 0 Å². The van der Waals surface area contributed by atoms with Gasteiger partial charge in [0.1, 0.15) is 27.9 Å². The van der Waals surface area contributed by atoms with Crippen molar-refractivity contribution in [1.29, 1.82) is 0 Å². The highest BCUT2D eigenvalue weighted by atomic mass is 32.2. The molecule has 0 aliphatic carbocycles. The molecule has 1 aliphatic heterocycles. The number of sulfonamides is 1. The molecule has 158 valence electrons. The second-order valence-corrected chi connectivity index (χ2v) is 10.2. The number of hydrogen-bond donors (Lipinski definition) is 1. The average molecular weight is 457 g/mol. The minimum atomic E-state index is -3.97. The average Bonchev–Trinajstić information content (AvgIpc) is 3.23. The van der Waals surface area contributed by atoms with E-state index in [0.29, 0.717) is 17.0 Å². The summed E-state index contributed by atoms with van der Waals surface area (Å²) in [5, 5.41) is 10.6. The van der Waals surface area contributed by atoms with Crippen molar-refractivity contribution in [3.05, 3.63) is 49.1 Å². The van der Waals surface area contributed by atoms with Crippen LogP contribution in [0.15, 0.2) is 53.3 Å². The number of nitrogens with zero attached hydrogens (tertiary/aromatic N) is 6.